The molecule has 0 spiro atoms. The number of aliphatic hydroxyl groups is 3. The van der Waals surface area contributed by atoms with Crippen molar-refractivity contribution in [3.8, 4) is 0 Å². The van der Waals surface area contributed by atoms with E-state index in [-0.39, 0.29) is 12.3 Å². The Morgan fingerprint density at radius 2 is 1.83 bits per heavy atom. The summed E-state index contributed by atoms with van der Waals surface area (Å²) in [6, 6.07) is 0. The Morgan fingerprint density at radius 1 is 1.28 bits per heavy atom. The average Bonchev–Trinajstić information content (AvgIpc) is 2.31. The zero-order chi connectivity index (χ0) is 14.4. The Hall–Kier alpha value is -0.210. The van der Waals surface area contributed by atoms with Gasteiger partial charge in [-0.25, -0.2) is 0 Å². The van der Waals surface area contributed by atoms with Crippen LogP contribution in [0.2, 0.25) is 0 Å². The lowest BCUT2D eigenvalue weighted by atomic mass is 9.91. The van der Waals surface area contributed by atoms with Crippen molar-refractivity contribution in [3.63, 3.8) is 0 Å². The molecule has 0 saturated heterocycles. The van der Waals surface area contributed by atoms with Gasteiger partial charge in [0.15, 0.2) is 0 Å². The van der Waals surface area contributed by atoms with Gasteiger partial charge in [0, 0.05) is 0 Å². The lowest BCUT2D eigenvalue weighted by Gasteiger charge is -2.32. The van der Waals surface area contributed by atoms with Crippen LogP contribution in [-0.4, -0.2) is 45.9 Å². The number of unbranched alkanes of at least 4 members (excludes halogenated alkanes) is 1. The van der Waals surface area contributed by atoms with Crippen LogP contribution in [-0.2, 0) is 10.1 Å². The predicted octanol–water partition coefficient (Wildman–Crippen LogP) is 0.522. The average molecular weight is 284 g/mol. The highest BCUT2D eigenvalue weighted by Gasteiger charge is 2.48. The highest BCUT2D eigenvalue weighted by Crippen LogP contribution is 2.30. The van der Waals surface area contributed by atoms with Crippen LogP contribution in [0.1, 0.15) is 46.0 Å². The van der Waals surface area contributed by atoms with Gasteiger partial charge in [-0.1, -0.05) is 39.5 Å². The van der Waals surface area contributed by atoms with Gasteiger partial charge in [0.2, 0.25) is 4.93 Å². The van der Waals surface area contributed by atoms with Crippen molar-refractivity contribution in [1.82, 2.24) is 0 Å². The Kier molecular flexibility index (Phi) is 7.31. The second-order valence-corrected chi connectivity index (χ2v) is 6.30. The van der Waals surface area contributed by atoms with E-state index in [0.717, 1.165) is 12.8 Å². The molecular weight excluding hydrogens is 260 g/mol. The number of aliphatic hydroxyl groups excluding tert-OH is 2. The number of hydrogen-bond acceptors (Lipinski definition) is 5. The maximum Gasteiger partial charge on any atom is 0.297 e. The van der Waals surface area contributed by atoms with Gasteiger partial charge in [-0.3, -0.25) is 4.55 Å². The van der Waals surface area contributed by atoms with Crippen molar-refractivity contribution in [2.45, 2.75) is 57.0 Å². The molecule has 18 heavy (non-hydrogen) atoms. The van der Waals surface area contributed by atoms with E-state index in [1.807, 2.05) is 13.8 Å². The van der Waals surface area contributed by atoms with Crippen molar-refractivity contribution < 1.29 is 28.3 Å². The molecule has 4 N–H and O–H groups in total. The summed E-state index contributed by atoms with van der Waals surface area (Å²) in [4.78, 5) is -2.70. The van der Waals surface area contributed by atoms with Crippen molar-refractivity contribution in [2.75, 3.05) is 6.61 Å². The molecule has 110 valence electrons. The Labute approximate surface area is 108 Å². The van der Waals surface area contributed by atoms with Gasteiger partial charge in [0.1, 0.15) is 6.10 Å². The molecule has 0 aliphatic rings. The van der Waals surface area contributed by atoms with E-state index in [1.54, 1.807) is 0 Å². The Bertz CT molecular complexity index is 328. The third-order valence-electron chi connectivity index (χ3n) is 3.26. The molecular formula is C11H24O6S. The molecule has 6 nitrogen and oxygen atoms in total. The molecule has 0 bridgehead atoms. The minimum atomic E-state index is -4.86. The van der Waals surface area contributed by atoms with Crippen LogP contribution in [0.15, 0.2) is 0 Å². The molecule has 3 unspecified atom stereocenters. The molecule has 0 aromatic carbocycles. The molecule has 0 amide bonds. The van der Waals surface area contributed by atoms with Crippen LogP contribution in [0, 0.1) is 5.92 Å². The van der Waals surface area contributed by atoms with Crippen molar-refractivity contribution in [3.05, 3.63) is 0 Å². The first kappa shape index (κ1) is 17.8. The monoisotopic (exact) mass is 284 g/mol. The summed E-state index contributed by atoms with van der Waals surface area (Å²) in [5, 5.41) is 28.2. The molecule has 0 aliphatic heterocycles. The first-order valence-corrected chi connectivity index (χ1v) is 7.65. The summed E-state index contributed by atoms with van der Waals surface area (Å²) < 4.78 is 31.5. The summed E-state index contributed by atoms with van der Waals surface area (Å²) in [5.74, 6) is -0.141. The van der Waals surface area contributed by atoms with Crippen molar-refractivity contribution in [2.24, 2.45) is 5.92 Å². The van der Waals surface area contributed by atoms with E-state index in [4.69, 9.17) is 9.66 Å². The van der Waals surface area contributed by atoms with Gasteiger partial charge in [-0.2, -0.15) is 8.42 Å². The van der Waals surface area contributed by atoms with Gasteiger partial charge in [0.05, 0.1) is 6.61 Å². The summed E-state index contributed by atoms with van der Waals surface area (Å²) in [7, 11) is -4.86. The minimum absolute atomic E-state index is 0.141. The molecule has 7 heteroatoms. The van der Waals surface area contributed by atoms with E-state index < -0.39 is 27.8 Å². The summed E-state index contributed by atoms with van der Waals surface area (Å²) in [6.45, 7) is 2.90. The topological polar surface area (TPSA) is 115 Å². The minimum Gasteiger partial charge on any atom is -0.394 e. The molecule has 0 aromatic heterocycles. The van der Waals surface area contributed by atoms with E-state index in [2.05, 4.69) is 0 Å². The molecule has 0 rings (SSSR count). The SMILES string of the molecule is CCCCC(CC)CC(O)(C(O)CO)S(=O)(=O)O. The third kappa shape index (κ3) is 4.47. The van der Waals surface area contributed by atoms with Gasteiger partial charge in [-0.15, -0.1) is 0 Å². The standard InChI is InChI=1S/C11H24O6S/c1-3-5-6-9(4-2)7-11(14,10(13)8-12)18(15,16)17/h9-10,12-14H,3-8H2,1-2H3,(H,15,16,17). The van der Waals surface area contributed by atoms with Crippen molar-refractivity contribution >= 4 is 10.1 Å². The number of rotatable bonds is 9. The highest BCUT2D eigenvalue weighted by atomic mass is 32.2. The lowest BCUT2D eigenvalue weighted by Crippen LogP contribution is -2.52. The van der Waals surface area contributed by atoms with Gasteiger partial charge < -0.3 is 15.3 Å². The molecule has 3 atom stereocenters. The summed E-state index contributed by atoms with van der Waals surface area (Å²) >= 11 is 0. The molecule has 0 fully saturated rings. The van der Waals surface area contributed by atoms with Gasteiger partial charge in [-0.05, 0) is 12.3 Å². The first-order valence-electron chi connectivity index (χ1n) is 6.21. The summed E-state index contributed by atoms with van der Waals surface area (Å²) in [5.41, 5.74) is 0. The van der Waals surface area contributed by atoms with Crippen LogP contribution >= 0.6 is 0 Å². The van der Waals surface area contributed by atoms with E-state index >= 15 is 0 Å². The van der Waals surface area contributed by atoms with E-state index in [9.17, 15) is 18.6 Å². The van der Waals surface area contributed by atoms with E-state index in [1.165, 1.54) is 0 Å². The van der Waals surface area contributed by atoms with Crippen LogP contribution in [0.4, 0.5) is 0 Å². The molecule has 0 saturated carbocycles. The largest absolute Gasteiger partial charge is 0.394 e. The van der Waals surface area contributed by atoms with Crippen molar-refractivity contribution in [1.29, 1.82) is 0 Å². The fourth-order valence-corrected chi connectivity index (χ4v) is 2.78. The molecule has 0 aromatic rings. The van der Waals surface area contributed by atoms with Crippen LogP contribution in [0.5, 0.6) is 0 Å². The van der Waals surface area contributed by atoms with Crippen LogP contribution in [0.25, 0.3) is 0 Å². The third-order valence-corrected chi connectivity index (χ3v) is 4.60. The molecule has 0 radical (unpaired) electrons. The second-order valence-electron chi connectivity index (χ2n) is 4.64. The van der Waals surface area contributed by atoms with Crippen LogP contribution in [0.3, 0.4) is 0 Å². The normalized spacial score (nSPS) is 19.2. The zero-order valence-electron chi connectivity index (χ0n) is 10.9. The van der Waals surface area contributed by atoms with E-state index in [0.29, 0.717) is 12.8 Å². The predicted molar refractivity (Wildman–Crippen MR) is 67.5 cm³/mol. The fraction of sp³-hybridized carbons (Fsp3) is 1.00. The quantitative estimate of drug-likeness (QED) is 0.459. The zero-order valence-corrected chi connectivity index (χ0v) is 11.7. The van der Waals surface area contributed by atoms with Gasteiger partial charge >= 0.3 is 0 Å². The second kappa shape index (κ2) is 7.40. The molecule has 0 aliphatic carbocycles. The molecule has 0 heterocycles. The Morgan fingerprint density at radius 3 is 2.17 bits per heavy atom. The highest BCUT2D eigenvalue weighted by molar-refractivity contribution is 7.87. The fourth-order valence-electron chi connectivity index (χ4n) is 1.91. The maximum atomic E-state index is 11.2. The summed E-state index contributed by atoms with van der Waals surface area (Å²) in [6.07, 6.45) is 0.921. The smallest absolute Gasteiger partial charge is 0.297 e. The van der Waals surface area contributed by atoms with Gasteiger partial charge in [0.25, 0.3) is 10.1 Å². The lowest BCUT2D eigenvalue weighted by molar-refractivity contribution is -0.0586. The first-order chi connectivity index (χ1) is 8.22. The van der Waals surface area contributed by atoms with Crippen LogP contribution < -0.4 is 0 Å². The maximum absolute atomic E-state index is 11.2. The number of hydrogen-bond donors (Lipinski definition) is 4. The Balaban J connectivity index is 5.00.